The van der Waals surface area contributed by atoms with Crippen LogP contribution in [0.2, 0.25) is 0 Å². The van der Waals surface area contributed by atoms with Gasteiger partial charge >= 0.3 is 0 Å². The quantitative estimate of drug-likeness (QED) is 0.502. The molecule has 1 saturated heterocycles. The van der Waals surface area contributed by atoms with Gasteiger partial charge in [-0.3, -0.25) is 4.79 Å². The van der Waals surface area contributed by atoms with E-state index in [1.165, 1.54) is 6.42 Å². The van der Waals surface area contributed by atoms with E-state index in [0.29, 0.717) is 0 Å². The van der Waals surface area contributed by atoms with Crippen LogP contribution in [0.4, 0.5) is 0 Å². The Hall–Kier alpha value is -1.24. The van der Waals surface area contributed by atoms with Crippen molar-refractivity contribution in [3.05, 3.63) is 0 Å². The highest BCUT2D eigenvalue weighted by Crippen LogP contribution is 2.02. The Balaban J connectivity index is 0.000000292. The SMILES string of the molecule is N#CO.O=C1CCCCCN1. The summed E-state index contributed by atoms with van der Waals surface area (Å²) in [4.78, 5) is 10.6. The van der Waals surface area contributed by atoms with E-state index in [1.807, 2.05) is 0 Å². The molecule has 0 aromatic rings. The van der Waals surface area contributed by atoms with Crippen molar-refractivity contribution in [2.75, 3.05) is 6.54 Å². The molecule has 0 atom stereocenters. The lowest BCUT2D eigenvalue weighted by Crippen LogP contribution is -2.21. The molecule has 1 amide bonds. The molecule has 1 aliphatic rings. The second-order valence-electron chi connectivity index (χ2n) is 2.26. The molecule has 4 nitrogen and oxygen atoms in total. The molecule has 0 aromatic carbocycles. The number of aliphatic hydroxyl groups excluding tert-OH is 1. The lowest BCUT2D eigenvalue weighted by Gasteiger charge is -1.93. The first-order valence-electron chi connectivity index (χ1n) is 3.61. The number of nitrogens with one attached hydrogen (secondary N) is 1. The maximum atomic E-state index is 10.6. The zero-order valence-corrected chi connectivity index (χ0v) is 6.34. The second-order valence-corrected chi connectivity index (χ2v) is 2.26. The Morgan fingerprint density at radius 1 is 1.45 bits per heavy atom. The number of amides is 1. The molecule has 1 rings (SSSR count). The fourth-order valence-electron chi connectivity index (χ4n) is 0.904. The Labute approximate surface area is 65.8 Å². The maximum Gasteiger partial charge on any atom is 0.283 e. The lowest BCUT2D eigenvalue weighted by atomic mass is 10.2. The van der Waals surface area contributed by atoms with Gasteiger partial charge in [-0.25, -0.2) is 0 Å². The first kappa shape index (κ1) is 9.76. The second kappa shape index (κ2) is 6.87. The van der Waals surface area contributed by atoms with Crippen molar-refractivity contribution in [1.82, 2.24) is 5.32 Å². The van der Waals surface area contributed by atoms with Gasteiger partial charge in [0.2, 0.25) is 5.91 Å². The van der Waals surface area contributed by atoms with Gasteiger partial charge < -0.3 is 10.4 Å². The van der Waals surface area contributed by atoms with E-state index in [-0.39, 0.29) is 5.91 Å². The minimum absolute atomic E-state index is 0.225. The summed E-state index contributed by atoms with van der Waals surface area (Å²) < 4.78 is 0. The van der Waals surface area contributed by atoms with Gasteiger partial charge in [-0.15, -0.1) is 0 Å². The third-order valence-electron chi connectivity index (χ3n) is 1.40. The van der Waals surface area contributed by atoms with Crippen molar-refractivity contribution in [3.63, 3.8) is 0 Å². The van der Waals surface area contributed by atoms with Gasteiger partial charge in [-0.1, -0.05) is 6.42 Å². The summed E-state index contributed by atoms with van der Waals surface area (Å²) in [5.74, 6) is 0.225. The largest absolute Gasteiger partial charge is 0.443 e. The van der Waals surface area contributed by atoms with Crippen LogP contribution in [-0.2, 0) is 4.79 Å². The molecule has 0 bridgehead atoms. The number of nitriles is 1. The standard InChI is InChI=1S/C6H11NO.CHNO/c8-6-4-2-1-3-5-7-6;2-1-3/h1-5H2,(H,7,8);3H. The average molecular weight is 156 g/mol. The van der Waals surface area contributed by atoms with Crippen LogP contribution in [0.1, 0.15) is 25.7 Å². The first-order valence-corrected chi connectivity index (χ1v) is 3.61. The van der Waals surface area contributed by atoms with Gasteiger partial charge in [0.15, 0.2) is 0 Å². The van der Waals surface area contributed by atoms with Crippen molar-refractivity contribution in [2.24, 2.45) is 0 Å². The highest BCUT2D eigenvalue weighted by atomic mass is 16.2. The number of carbonyl (C=O) groups excluding carboxylic acids is 1. The smallest absolute Gasteiger partial charge is 0.283 e. The van der Waals surface area contributed by atoms with Crippen molar-refractivity contribution in [3.8, 4) is 6.26 Å². The molecule has 0 radical (unpaired) electrons. The molecule has 11 heavy (non-hydrogen) atoms. The molecule has 1 fully saturated rings. The predicted octanol–water partition coefficient (Wildman–Crippen LogP) is 0.517. The van der Waals surface area contributed by atoms with Gasteiger partial charge in [-0.2, -0.15) is 5.26 Å². The highest BCUT2D eigenvalue weighted by molar-refractivity contribution is 5.75. The number of hydrogen-bond acceptors (Lipinski definition) is 3. The Kier molecular flexibility index (Phi) is 6.10. The van der Waals surface area contributed by atoms with E-state index in [4.69, 9.17) is 10.4 Å². The van der Waals surface area contributed by atoms with Gasteiger partial charge in [-0.05, 0) is 12.8 Å². The molecule has 2 N–H and O–H groups in total. The van der Waals surface area contributed by atoms with Gasteiger partial charge in [0.1, 0.15) is 0 Å². The molecule has 1 heterocycles. The third kappa shape index (κ3) is 6.65. The van der Waals surface area contributed by atoms with Crippen LogP contribution in [0.25, 0.3) is 0 Å². The summed E-state index contributed by atoms with van der Waals surface area (Å²) >= 11 is 0. The van der Waals surface area contributed by atoms with Crippen molar-refractivity contribution in [2.45, 2.75) is 25.7 Å². The fourth-order valence-corrected chi connectivity index (χ4v) is 0.904. The topological polar surface area (TPSA) is 73.1 Å². The summed E-state index contributed by atoms with van der Waals surface area (Å²) in [5.41, 5.74) is 0. The summed E-state index contributed by atoms with van der Waals surface area (Å²) in [6, 6.07) is 0. The molecule has 0 saturated carbocycles. The number of nitrogens with zero attached hydrogens (tertiary/aromatic N) is 1. The van der Waals surface area contributed by atoms with Crippen LogP contribution < -0.4 is 5.32 Å². The lowest BCUT2D eigenvalue weighted by molar-refractivity contribution is -0.120. The molecule has 4 heteroatoms. The number of carbonyl (C=O) groups is 1. The van der Waals surface area contributed by atoms with E-state index in [0.717, 1.165) is 32.1 Å². The molecule has 0 unspecified atom stereocenters. The van der Waals surface area contributed by atoms with Crippen molar-refractivity contribution in [1.29, 1.82) is 5.26 Å². The monoisotopic (exact) mass is 156 g/mol. The molecular weight excluding hydrogens is 144 g/mol. The Morgan fingerprint density at radius 2 is 2.09 bits per heavy atom. The van der Waals surface area contributed by atoms with Crippen LogP contribution in [-0.4, -0.2) is 17.6 Å². The van der Waals surface area contributed by atoms with E-state index in [2.05, 4.69) is 5.32 Å². The summed E-state index contributed by atoms with van der Waals surface area (Å²) in [7, 11) is 0. The molecule has 0 spiro atoms. The Morgan fingerprint density at radius 3 is 2.73 bits per heavy atom. The molecular formula is C7H12N2O2. The Bertz CT molecular complexity index is 141. The van der Waals surface area contributed by atoms with Crippen molar-refractivity contribution < 1.29 is 9.90 Å². The minimum Gasteiger partial charge on any atom is -0.443 e. The summed E-state index contributed by atoms with van der Waals surface area (Å²) in [5, 5.41) is 16.6. The van der Waals surface area contributed by atoms with Crippen LogP contribution in [0.15, 0.2) is 0 Å². The molecule has 0 aliphatic carbocycles. The first-order chi connectivity index (χ1) is 5.31. The van der Waals surface area contributed by atoms with E-state index < -0.39 is 0 Å². The average Bonchev–Trinajstić information content (AvgIpc) is 2.18. The molecule has 0 aromatic heterocycles. The number of hydrogen-bond donors (Lipinski definition) is 2. The fraction of sp³-hybridized carbons (Fsp3) is 0.714. The molecule has 62 valence electrons. The zero-order chi connectivity index (χ0) is 8.53. The summed E-state index contributed by atoms with van der Waals surface area (Å²) in [6.45, 7) is 0.888. The van der Waals surface area contributed by atoms with Gasteiger partial charge in [0, 0.05) is 13.0 Å². The van der Waals surface area contributed by atoms with Crippen molar-refractivity contribution >= 4 is 5.91 Å². The van der Waals surface area contributed by atoms with Crippen LogP contribution in [0.3, 0.4) is 0 Å². The van der Waals surface area contributed by atoms with E-state index in [1.54, 1.807) is 0 Å². The van der Waals surface area contributed by atoms with E-state index in [9.17, 15) is 4.79 Å². The predicted molar refractivity (Wildman–Crippen MR) is 39.0 cm³/mol. The third-order valence-corrected chi connectivity index (χ3v) is 1.40. The summed E-state index contributed by atoms with van der Waals surface area (Å²) in [6.07, 6.45) is 4.93. The van der Waals surface area contributed by atoms with Gasteiger partial charge in [0.05, 0.1) is 0 Å². The van der Waals surface area contributed by atoms with Crippen LogP contribution in [0, 0.1) is 11.5 Å². The van der Waals surface area contributed by atoms with Gasteiger partial charge in [0.25, 0.3) is 6.26 Å². The highest BCUT2D eigenvalue weighted by Gasteiger charge is 2.03. The minimum atomic E-state index is 0.225. The number of rotatable bonds is 0. The number of aliphatic hydroxyl groups is 1. The normalized spacial score (nSPS) is 16.5. The molecule has 1 aliphatic heterocycles. The maximum absolute atomic E-state index is 10.6. The van der Waals surface area contributed by atoms with Crippen LogP contribution >= 0.6 is 0 Å². The van der Waals surface area contributed by atoms with Crippen LogP contribution in [0.5, 0.6) is 0 Å². The van der Waals surface area contributed by atoms with E-state index >= 15 is 0 Å². The zero-order valence-electron chi connectivity index (χ0n) is 6.34.